The first-order valence-electron chi connectivity index (χ1n) is 10.6. The largest absolute Gasteiger partial charge is 0.494 e. The van der Waals surface area contributed by atoms with Crippen LogP contribution in [-0.4, -0.2) is 54.8 Å². The summed E-state index contributed by atoms with van der Waals surface area (Å²) in [5.41, 5.74) is 2.98. The van der Waals surface area contributed by atoms with Gasteiger partial charge in [0.2, 0.25) is 5.91 Å². The monoisotopic (exact) mass is 407 g/mol. The van der Waals surface area contributed by atoms with Crippen molar-refractivity contribution in [2.24, 2.45) is 0 Å². The maximum absolute atomic E-state index is 12.4. The maximum Gasteiger partial charge on any atom is 0.228 e. The molecule has 0 bridgehead atoms. The van der Waals surface area contributed by atoms with Crippen molar-refractivity contribution in [3.8, 4) is 5.75 Å². The zero-order chi connectivity index (χ0) is 20.8. The molecule has 0 atom stereocenters. The van der Waals surface area contributed by atoms with Gasteiger partial charge in [-0.1, -0.05) is 12.1 Å². The fraction of sp³-hybridized carbons (Fsp3) is 0.375. The van der Waals surface area contributed by atoms with E-state index in [1.165, 1.54) is 5.52 Å². The van der Waals surface area contributed by atoms with Crippen LogP contribution in [0.2, 0.25) is 0 Å². The number of ether oxygens (including phenoxy) is 2. The number of morpholine rings is 1. The highest BCUT2D eigenvalue weighted by Crippen LogP contribution is 2.21. The third-order valence-electron chi connectivity index (χ3n) is 5.41. The highest BCUT2D eigenvalue weighted by atomic mass is 16.5. The number of benzene rings is 2. The van der Waals surface area contributed by atoms with Gasteiger partial charge in [-0.15, -0.1) is 0 Å². The van der Waals surface area contributed by atoms with Gasteiger partial charge < -0.3 is 19.4 Å². The molecule has 2 aromatic carbocycles. The van der Waals surface area contributed by atoms with Gasteiger partial charge in [0.05, 0.1) is 26.2 Å². The number of fused-ring (bicyclic) bond motifs is 1. The minimum absolute atomic E-state index is 0.0229. The van der Waals surface area contributed by atoms with Crippen LogP contribution in [0.4, 0.5) is 5.69 Å². The van der Waals surface area contributed by atoms with Crippen LogP contribution in [0.25, 0.3) is 10.9 Å². The van der Waals surface area contributed by atoms with Crippen molar-refractivity contribution in [1.29, 1.82) is 0 Å². The summed E-state index contributed by atoms with van der Waals surface area (Å²) in [5, 5.41) is 4.15. The third kappa shape index (κ3) is 5.20. The summed E-state index contributed by atoms with van der Waals surface area (Å²) in [6.07, 6.45) is 2.46. The fourth-order valence-electron chi connectivity index (χ4n) is 3.81. The molecule has 0 unspecified atom stereocenters. The van der Waals surface area contributed by atoms with Crippen LogP contribution in [0.15, 0.2) is 54.7 Å². The maximum atomic E-state index is 12.4. The molecule has 158 valence electrons. The minimum atomic E-state index is -0.0229. The molecular formula is C24H29N3O3. The molecular weight excluding hydrogens is 378 g/mol. The van der Waals surface area contributed by atoms with E-state index in [4.69, 9.17) is 9.47 Å². The van der Waals surface area contributed by atoms with E-state index in [0.717, 1.165) is 61.8 Å². The molecule has 1 aromatic heterocycles. The average molecular weight is 408 g/mol. The lowest BCUT2D eigenvalue weighted by Gasteiger charge is -2.26. The molecule has 0 aliphatic carbocycles. The Bertz CT molecular complexity index is 975. The summed E-state index contributed by atoms with van der Waals surface area (Å²) in [7, 11) is 0. The van der Waals surface area contributed by atoms with Gasteiger partial charge in [-0.2, -0.15) is 0 Å². The number of rotatable bonds is 8. The number of amides is 1. The molecule has 6 nitrogen and oxygen atoms in total. The normalized spacial score (nSPS) is 14.7. The quantitative estimate of drug-likeness (QED) is 0.620. The standard InChI is InChI=1S/C24H29N3O3/c1-2-30-22-6-3-19(4-7-22)17-24(28)25-21-5-8-23-20(18-21)9-10-27(23)12-11-26-13-15-29-16-14-26/h3-10,18H,2,11-17H2,1H3,(H,25,28). The molecule has 0 radical (unpaired) electrons. The predicted octanol–water partition coefficient (Wildman–Crippen LogP) is 3.55. The Morgan fingerprint density at radius 1 is 1.07 bits per heavy atom. The van der Waals surface area contributed by atoms with Gasteiger partial charge in [0.25, 0.3) is 0 Å². The number of carbonyl (C=O) groups is 1. The molecule has 2 heterocycles. The van der Waals surface area contributed by atoms with E-state index in [1.54, 1.807) is 0 Å². The summed E-state index contributed by atoms with van der Waals surface area (Å²) in [5.74, 6) is 0.801. The Hall–Kier alpha value is -2.83. The molecule has 0 saturated carbocycles. The summed E-state index contributed by atoms with van der Waals surface area (Å²) in [6, 6.07) is 15.9. The van der Waals surface area contributed by atoms with Crippen LogP contribution in [-0.2, 0) is 22.5 Å². The number of hydrogen-bond donors (Lipinski definition) is 1. The third-order valence-corrected chi connectivity index (χ3v) is 5.41. The lowest BCUT2D eigenvalue weighted by atomic mass is 10.1. The molecule has 0 spiro atoms. The topological polar surface area (TPSA) is 55.7 Å². The second-order valence-electron chi connectivity index (χ2n) is 7.54. The van der Waals surface area contributed by atoms with Gasteiger partial charge in [0.1, 0.15) is 5.75 Å². The molecule has 1 N–H and O–H groups in total. The van der Waals surface area contributed by atoms with Gasteiger partial charge in [-0.25, -0.2) is 0 Å². The Balaban J connectivity index is 1.34. The first-order valence-corrected chi connectivity index (χ1v) is 10.6. The Labute approximate surface area is 177 Å². The molecule has 3 aromatic rings. The van der Waals surface area contributed by atoms with E-state index in [2.05, 4.69) is 33.1 Å². The van der Waals surface area contributed by atoms with Crippen LogP contribution in [0.1, 0.15) is 12.5 Å². The molecule has 1 aliphatic rings. The van der Waals surface area contributed by atoms with E-state index in [0.29, 0.717) is 13.0 Å². The smallest absolute Gasteiger partial charge is 0.228 e. The van der Waals surface area contributed by atoms with Gasteiger partial charge >= 0.3 is 0 Å². The van der Waals surface area contributed by atoms with Gasteiger partial charge in [0.15, 0.2) is 0 Å². The molecule has 4 rings (SSSR count). The first-order chi connectivity index (χ1) is 14.7. The van der Waals surface area contributed by atoms with E-state index in [9.17, 15) is 4.79 Å². The van der Waals surface area contributed by atoms with Crippen LogP contribution in [0, 0.1) is 0 Å². The van der Waals surface area contributed by atoms with Crippen molar-refractivity contribution in [3.05, 3.63) is 60.3 Å². The van der Waals surface area contributed by atoms with E-state index in [-0.39, 0.29) is 5.91 Å². The van der Waals surface area contributed by atoms with Gasteiger partial charge in [0, 0.05) is 49.0 Å². The van der Waals surface area contributed by atoms with Crippen LogP contribution >= 0.6 is 0 Å². The van der Waals surface area contributed by atoms with Crippen LogP contribution in [0.5, 0.6) is 5.75 Å². The summed E-state index contributed by atoms with van der Waals surface area (Å²) >= 11 is 0. The van der Waals surface area contributed by atoms with Crippen LogP contribution in [0.3, 0.4) is 0 Å². The van der Waals surface area contributed by atoms with Gasteiger partial charge in [-0.3, -0.25) is 9.69 Å². The molecule has 1 aliphatic heterocycles. The number of hydrogen-bond acceptors (Lipinski definition) is 4. The van der Waals surface area contributed by atoms with E-state index < -0.39 is 0 Å². The van der Waals surface area contributed by atoms with Crippen molar-refractivity contribution >= 4 is 22.5 Å². The highest BCUT2D eigenvalue weighted by Gasteiger charge is 2.11. The van der Waals surface area contributed by atoms with Crippen molar-refractivity contribution in [3.63, 3.8) is 0 Å². The molecule has 1 amide bonds. The summed E-state index contributed by atoms with van der Waals surface area (Å²) in [6.45, 7) is 8.22. The predicted molar refractivity (Wildman–Crippen MR) is 119 cm³/mol. The summed E-state index contributed by atoms with van der Waals surface area (Å²) < 4.78 is 13.1. The van der Waals surface area contributed by atoms with E-state index in [1.807, 2.05) is 43.3 Å². The Kier molecular flexibility index (Phi) is 6.67. The zero-order valence-electron chi connectivity index (χ0n) is 17.5. The lowest BCUT2D eigenvalue weighted by molar-refractivity contribution is -0.115. The zero-order valence-corrected chi connectivity index (χ0v) is 17.5. The number of anilines is 1. The van der Waals surface area contributed by atoms with Gasteiger partial charge in [-0.05, 0) is 48.9 Å². The number of nitrogens with one attached hydrogen (secondary N) is 1. The van der Waals surface area contributed by atoms with Crippen molar-refractivity contribution in [2.75, 3.05) is 44.8 Å². The minimum Gasteiger partial charge on any atom is -0.494 e. The second-order valence-corrected chi connectivity index (χ2v) is 7.54. The van der Waals surface area contributed by atoms with Crippen LogP contribution < -0.4 is 10.1 Å². The highest BCUT2D eigenvalue weighted by molar-refractivity contribution is 5.95. The SMILES string of the molecule is CCOc1ccc(CC(=O)Nc2ccc3c(ccn3CCN3CCOCC3)c2)cc1. The first kappa shape index (κ1) is 20.4. The summed E-state index contributed by atoms with van der Waals surface area (Å²) in [4.78, 5) is 14.9. The Morgan fingerprint density at radius 2 is 1.87 bits per heavy atom. The lowest BCUT2D eigenvalue weighted by Crippen LogP contribution is -2.38. The fourth-order valence-corrected chi connectivity index (χ4v) is 3.81. The number of carbonyl (C=O) groups excluding carboxylic acids is 1. The van der Waals surface area contributed by atoms with Crippen molar-refractivity contribution < 1.29 is 14.3 Å². The number of nitrogens with zero attached hydrogens (tertiary/aromatic N) is 2. The molecule has 1 fully saturated rings. The van der Waals surface area contributed by atoms with Crippen molar-refractivity contribution in [1.82, 2.24) is 9.47 Å². The Morgan fingerprint density at radius 3 is 2.63 bits per heavy atom. The number of aromatic nitrogens is 1. The second kappa shape index (κ2) is 9.78. The molecule has 6 heteroatoms. The average Bonchev–Trinajstić information content (AvgIpc) is 3.17. The molecule has 30 heavy (non-hydrogen) atoms. The van der Waals surface area contributed by atoms with Crippen molar-refractivity contribution in [2.45, 2.75) is 19.9 Å². The van der Waals surface area contributed by atoms with E-state index >= 15 is 0 Å². The molecule has 1 saturated heterocycles.